The molecule has 1 fully saturated rings. The highest BCUT2D eigenvalue weighted by molar-refractivity contribution is 5.79. The van der Waals surface area contributed by atoms with E-state index in [1.807, 2.05) is 32.8 Å². The zero-order valence-electron chi connectivity index (χ0n) is 13.5. The number of nitrogens with one attached hydrogen (secondary N) is 2. The molecule has 0 aromatic heterocycles. The van der Waals surface area contributed by atoms with E-state index in [0.29, 0.717) is 0 Å². The molecule has 3 N–H and O–H groups in total. The van der Waals surface area contributed by atoms with Crippen LogP contribution in [0.2, 0.25) is 0 Å². The molecule has 1 aliphatic heterocycles. The number of likely N-dealkylation sites (N-methyl/N-ethyl adjacent to an activating group) is 1. The highest BCUT2D eigenvalue weighted by Crippen LogP contribution is 2.28. The Morgan fingerprint density at radius 3 is 2.52 bits per heavy atom. The number of ether oxygens (including phenoxy) is 1. The summed E-state index contributed by atoms with van der Waals surface area (Å²) in [7, 11) is 3.89. The summed E-state index contributed by atoms with van der Waals surface area (Å²) >= 11 is 0. The first-order valence-corrected chi connectivity index (χ1v) is 7.19. The second-order valence-electron chi connectivity index (χ2n) is 6.52. The van der Waals surface area contributed by atoms with E-state index >= 15 is 0 Å². The van der Waals surface area contributed by atoms with Gasteiger partial charge in [-0.15, -0.1) is 0 Å². The minimum atomic E-state index is -1.08. The number of rotatable bonds is 6. The Labute approximate surface area is 126 Å². The fraction of sp³-hybridized carbons (Fsp3) is 0.857. The number of nitrogens with zero attached hydrogens (tertiary/aromatic N) is 1. The Balaban J connectivity index is 2.62. The minimum absolute atomic E-state index is 0.00148. The van der Waals surface area contributed by atoms with Crippen LogP contribution >= 0.6 is 0 Å². The molecule has 3 atom stereocenters. The molecule has 1 aliphatic rings. The summed E-state index contributed by atoms with van der Waals surface area (Å²) in [5.41, 5.74) is -1.08. The summed E-state index contributed by atoms with van der Waals surface area (Å²) in [5, 5.41) is 14.9. The minimum Gasteiger partial charge on any atom is -0.481 e. The SMILES string of the molecule is CC(C)C(CN(C)C)NC(=O)NC1COCC1(C)C(=O)O. The van der Waals surface area contributed by atoms with Gasteiger partial charge in [0.25, 0.3) is 0 Å². The number of hydrogen-bond acceptors (Lipinski definition) is 4. The lowest BCUT2D eigenvalue weighted by Crippen LogP contribution is -2.55. The van der Waals surface area contributed by atoms with Gasteiger partial charge in [0, 0.05) is 12.6 Å². The number of aliphatic carboxylic acids is 1. The number of urea groups is 1. The Kier molecular flexibility index (Phi) is 5.98. The largest absolute Gasteiger partial charge is 0.481 e. The van der Waals surface area contributed by atoms with Gasteiger partial charge in [0.05, 0.1) is 19.3 Å². The Hall–Kier alpha value is -1.34. The van der Waals surface area contributed by atoms with E-state index in [9.17, 15) is 14.7 Å². The van der Waals surface area contributed by atoms with Gasteiger partial charge in [0.1, 0.15) is 5.41 Å². The fourth-order valence-corrected chi connectivity index (χ4v) is 2.27. The predicted molar refractivity (Wildman–Crippen MR) is 79.2 cm³/mol. The van der Waals surface area contributed by atoms with Crippen LogP contribution in [0, 0.1) is 11.3 Å². The molecule has 3 unspecified atom stereocenters. The third kappa shape index (κ3) is 4.57. The number of carboxylic acids is 1. The molecule has 2 amide bonds. The molecule has 0 saturated carbocycles. The van der Waals surface area contributed by atoms with Gasteiger partial charge in [0.15, 0.2) is 0 Å². The summed E-state index contributed by atoms with van der Waals surface area (Å²) in [6, 6.07) is -0.876. The van der Waals surface area contributed by atoms with Gasteiger partial charge in [-0.3, -0.25) is 4.79 Å². The van der Waals surface area contributed by atoms with Gasteiger partial charge in [-0.05, 0) is 26.9 Å². The van der Waals surface area contributed by atoms with Gasteiger partial charge in [-0.25, -0.2) is 4.79 Å². The monoisotopic (exact) mass is 301 g/mol. The topological polar surface area (TPSA) is 90.9 Å². The van der Waals surface area contributed by atoms with Crippen LogP contribution in [0.1, 0.15) is 20.8 Å². The standard InChI is InChI=1S/C14H27N3O4/c1-9(2)10(6-17(4)5)15-13(20)16-11-7-21-8-14(11,3)12(18)19/h9-11H,6-8H2,1-5H3,(H,18,19)(H2,15,16,20). The van der Waals surface area contributed by atoms with Crippen molar-refractivity contribution in [1.82, 2.24) is 15.5 Å². The molecular formula is C14H27N3O4. The molecule has 7 nitrogen and oxygen atoms in total. The lowest BCUT2D eigenvalue weighted by atomic mass is 9.85. The molecule has 0 bridgehead atoms. The summed E-state index contributed by atoms with van der Waals surface area (Å²) < 4.78 is 5.22. The lowest BCUT2D eigenvalue weighted by Gasteiger charge is -2.29. The normalized spacial score (nSPS) is 26.9. The van der Waals surface area contributed by atoms with E-state index in [2.05, 4.69) is 10.6 Å². The third-order valence-electron chi connectivity index (χ3n) is 3.93. The molecule has 122 valence electrons. The molecule has 0 radical (unpaired) electrons. The summed E-state index contributed by atoms with van der Waals surface area (Å²) in [5.74, 6) is -0.678. The van der Waals surface area contributed by atoms with Crippen molar-refractivity contribution in [2.75, 3.05) is 33.9 Å². The second-order valence-corrected chi connectivity index (χ2v) is 6.52. The van der Waals surface area contributed by atoms with E-state index in [1.165, 1.54) is 0 Å². The van der Waals surface area contributed by atoms with Crippen LogP contribution in [-0.2, 0) is 9.53 Å². The molecule has 7 heteroatoms. The average Bonchev–Trinajstić information content (AvgIpc) is 2.70. The summed E-state index contributed by atoms with van der Waals surface area (Å²) in [6.45, 7) is 6.72. The molecule has 1 heterocycles. The first kappa shape index (κ1) is 17.7. The van der Waals surface area contributed by atoms with Crippen molar-refractivity contribution in [1.29, 1.82) is 0 Å². The van der Waals surface area contributed by atoms with Crippen molar-refractivity contribution in [2.45, 2.75) is 32.9 Å². The van der Waals surface area contributed by atoms with Crippen molar-refractivity contribution >= 4 is 12.0 Å². The van der Waals surface area contributed by atoms with Crippen molar-refractivity contribution in [3.05, 3.63) is 0 Å². The smallest absolute Gasteiger partial charge is 0.315 e. The highest BCUT2D eigenvalue weighted by Gasteiger charge is 2.47. The van der Waals surface area contributed by atoms with Crippen molar-refractivity contribution < 1.29 is 19.4 Å². The van der Waals surface area contributed by atoms with Gasteiger partial charge in [0.2, 0.25) is 0 Å². The number of hydrogen-bond donors (Lipinski definition) is 3. The molecule has 0 spiro atoms. The van der Waals surface area contributed by atoms with Gasteiger partial charge >= 0.3 is 12.0 Å². The molecule has 1 rings (SSSR count). The number of amides is 2. The van der Waals surface area contributed by atoms with Crippen molar-refractivity contribution in [3.63, 3.8) is 0 Å². The van der Waals surface area contributed by atoms with E-state index in [1.54, 1.807) is 6.92 Å². The van der Waals surface area contributed by atoms with E-state index in [0.717, 1.165) is 6.54 Å². The lowest BCUT2D eigenvalue weighted by molar-refractivity contribution is -0.148. The number of carbonyl (C=O) groups excluding carboxylic acids is 1. The first-order chi connectivity index (χ1) is 9.66. The quantitative estimate of drug-likeness (QED) is 0.659. The van der Waals surface area contributed by atoms with E-state index in [-0.39, 0.29) is 31.2 Å². The second kappa shape index (κ2) is 7.09. The van der Waals surface area contributed by atoms with Crippen LogP contribution in [0.15, 0.2) is 0 Å². The van der Waals surface area contributed by atoms with Gasteiger partial charge < -0.3 is 25.4 Å². The molecule has 0 aromatic carbocycles. The maximum Gasteiger partial charge on any atom is 0.315 e. The van der Waals surface area contributed by atoms with Crippen LogP contribution in [0.5, 0.6) is 0 Å². The zero-order valence-corrected chi connectivity index (χ0v) is 13.5. The maximum absolute atomic E-state index is 12.1. The Morgan fingerprint density at radius 2 is 2.05 bits per heavy atom. The summed E-state index contributed by atoms with van der Waals surface area (Å²) in [4.78, 5) is 25.5. The molecule has 0 aliphatic carbocycles. The molecular weight excluding hydrogens is 274 g/mol. The van der Waals surface area contributed by atoms with Gasteiger partial charge in [-0.1, -0.05) is 13.8 Å². The molecule has 21 heavy (non-hydrogen) atoms. The summed E-state index contributed by atoms with van der Waals surface area (Å²) in [6.07, 6.45) is 0. The van der Waals surface area contributed by atoms with E-state index in [4.69, 9.17) is 4.74 Å². The first-order valence-electron chi connectivity index (χ1n) is 7.19. The average molecular weight is 301 g/mol. The highest BCUT2D eigenvalue weighted by atomic mass is 16.5. The third-order valence-corrected chi connectivity index (χ3v) is 3.93. The maximum atomic E-state index is 12.1. The predicted octanol–water partition coefficient (Wildman–Crippen LogP) is 0.362. The number of carbonyl (C=O) groups is 2. The van der Waals surface area contributed by atoms with Crippen LogP contribution in [0.3, 0.4) is 0 Å². The van der Waals surface area contributed by atoms with Crippen molar-refractivity contribution in [2.24, 2.45) is 11.3 Å². The van der Waals surface area contributed by atoms with Crippen LogP contribution in [0.4, 0.5) is 4.79 Å². The zero-order chi connectivity index (χ0) is 16.2. The van der Waals surface area contributed by atoms with Crippen molar-refractivity contribution in [3.8, 4) is 0 Å². The fourth-order valence-electron chi connectivity index (χ4n) is 2.27. The molecule has 0 aromatic rings. The van der Waals surface area contributed by atoms with Crippen LogP contribution < -0.4 is 10.6 Å². The van der Waals surface area contributed by atoms with Crippen LogP contribution in [-0.4, -0.2) is 67.9 Å². The number of carboxylic acid groups (broad SMARTS) is 1. The molecule has 1 saturated heterocycles. The van der Waals surface area contributed by atoms with Crippen LogP contribution in [0.25, 0.3) is 0 Å². The van der Waals surface area contributed by atoms with Gasteiger partial charge in [-0.2, -0.15) is 0 Å². The Bertz CT molecular complexity index is 386. The Morgan fingerprint density at radius 1 is 1.43 bits per heavy atom. The van der Waals surface area contributed by atoms with E-state index < -0.39 is 17.4 Å².